The SMILES string of the molecule is COc1cnc(C2CCCN2C(=O)C2CCC(C)(C)CC2)[nH]c1=O. The van der Waals surface area contributed by atoms with E-state index in [1.54, 1.807) is 0 Å². The number of rotatable bonds is 3. The second kappa shape index (κ2) is 6.57. The number of ether oxygens (including phenoxy) is 1. The molecule has 1 saturated heterocycles. The van der Waals surface area contributed by atoms with Crippen LogP contribution < -0.4 is 10.3 Å². The van der Waals surface area contributed by atoms with Crippen molar-refractivity contribution in [2.45, 2.75) is 58.4 Å². The number of nitrogens with zero attached hydrogens (tertiary/aromatic N) is 2. The normalized spacial score (nSPS) is 24.1. The van der Waals surface area contributed by atoms with Gasteiger partial charge in [0.25, 0.3) is 5.56 Å². The first-order chi connectivity index (χ1) is 11.4. The Balaban J connectivity index is 1.75. The van der Waals surface area contributed by atoms with Crippen LogP contribution in [0.15, 0.2) is 11.0 Å². The molecule has 1 aromatic heterocycles. The minimum atomic E-state index is -0.291. The third kappa shape index (κ3) is 3.32. The molecule has 1 aromatic rings. The maximum atomic E-state index is 13.0. The largest absolute Gasteiger partial charge is 0.490 e. The fourth-order valence-electron chi connectivity index (χ4n) is 3.91. The van der Waals surface area contributed by atoms with Gasteiger partial charge in [0, 0.05) is 12.5 Å². The highest BCUT2D eigenvalue weighted by atomic mass is 16.5. The molecule has 1 amide bonds. The Bertz CT molecular complexity index is 658. The lowest BCUT2D eigenvalue weighted by Gasteiger charge is -2.36. The number of nitrogens with one attached hydrogen (secondary N) is 1. The Hall–Kier alpha value is -1.85. The molecule has 0 bridgehead atoms. The zero-order valence-corrected chi connectivity index (χ0v) is 14.8. The minimum absolute atomic E-state index is 0.114. The molecule has 1 saturated carbocycles. The molecule has 1 unspecified atom stereocenters. The molecule has 2 heterocycles. The van der Waals surface area contributed by atoms with Gasteiger partial charge in [-0.2, -0.15) is 0 Å². The van der Waals surface area contributed by atoms with Crippen molar-refractivity contribution in [2.75, 3.05) is 13.7 Å². The average molecular weight is 333 g/mol. The van der Waals surface area contributed by atoms with Crippen molar-refractivity contribution in [1.29, 1.82) is 0 Å². The van der Waals surface area contributed by atoms with Crippen LogP contribution in [0.4, 0.5) is 0 Å². The molecule has 24 heavy (non-hydrogen) atoms. The Labute approximate surface area is 142 Å². The molecule has 0 spiro atoms. The summed E-state index contributed by atoms with van der Waals surface area (Å²) in [6, 6.07) is -0.119. The molecule has 3 rings (SSSR count). The number of methoxy groups -OCH3 is 1. The van der Waals surface area contributed by atoms with Gasteiger partial charge < -0.3 is 14.6 Å². The van der Waals surface area contributed by atoms with Crippen LogP contribution in [0.1, 0.15) is 64.2 Å². The maximum absolute atomic E-state index is 13.0. The van der Waals surface area contributed by atoms with Gasteiger partial charge in [0.15, 0.2) is 0 Å². The minimum Gasteiger partial charge on any atom is -0.490 e. The number of carbonyl (C=O) groups excluding carboxylic acids is 1. The van der Waals surface area contributed by atoms with E-state index in [9.17, 15) is 9.59 Å². The van der Waals surface area contributed by atoms with E-state index in [0.717, 1.165) is 45.1 Å². The first kappa shape index (κ1) is 17.0. The number of carbonyl (C=O) groups is 1. The standard InChI is InChI=1S/C18H27N3O3/c1-18(2)8-6-12(7-9-18)17(23)21-10-4-5-13(21)15-19-11-14(24-3)16(22)20-15/h11-13H,4-10H2,1-3H3,(H,19,20,22). The zero-order valence-electron chi connectivity index (χ0n) is 14.8. The smallest absolute Gasteiger partial charge is 0.293 e. The van der Waals surface area contributed by atoms with Crippen molar-refractivity contribution in [3.05, 3.63) is 22.4 Å². The van der Waals surface area contributed by atoms with Crippen molar-refractivity contribution < 1.29 is 9.53 Å². The van der Waals surface area contributed by atoms with Gasteiger partial charge in [-0.1, -0.05) is 13.8 Å². The number of aromatic nitrogens is 2. The van der Waals surface area contributed by atoms with Gasteiger partial charge in [-0.3, -0.25) is 9.59 Å². The topological polar surface area (TPSA) is 75.3 Å². The predicted octanol–water partition coefficient (Wildman–Crippen LogP) is 2.66. The molecule has 1 atom stereocenters. The van der Waals surface area contributed by atoms with E-state index in [2.05, 4.69) is 23.8 Å². The van der Waals surface area contributed by atoms with Crippen LogP contribution in [0.2, 0.25) is 0 Å². The van der Waals surface area contributed by atoms with Crippen molar-refractivity contribution in [2.24, 2.45) is 11.3 Å². The van der Waals surface area contributed by atoms with E-state index in [1.165, 1.54) is 13.3 Å². The molecule has 132 valence electrons. The summed E-state index contributed by atoms with van der Waals surface area (Å²) in [5, 5.41) is 0. The maximum Gasteiger partial charge on any atom is 0.293 e. The molecule has 6 heteroatoms. The Morgan fingerprint density at radius 2 is 2.04 bits per heavy atom. The Kier molecular flexibility index (Phi) is 4.65. The average Bonchev–Trinajstić information content (AvgIpc) is 3.03. The van der Waals surface area contributed by atoms with Crippen molar-refractivity contribution in [3.63, 3.8) is 0 Å². The molecule has 1 aliphatic heterocycles. The highest BCUT2D eigenvalue weighted by Gasteiger charge is 2.38. The summed E-state index contributed by atoms with van der Waals surface area (Å²) in [6.45, 7) is 5.30. The summed E-state index contributed by atoms with van der Waals surface area (Å²) in [7, 11) is 1.45. The molecule has 1 N–H and O–H groups in total. The number of likely N-dealkylation sites (tertiary alicyclic amines) is 1. The monoisotopic (exact) mass is 333 g/mol. The highest BCUT2D eigenvalue weighted by Crippen LogP contribution is 2.40. The van der Waals surface area contributed by atoms with Crippen LogP contribution in [-0.4, -0.2) is 34.4 Å². The van der Waals surface area contributed by atoms with E-state index in [-0.39, 0.29) is 29.2 Å². The Morgan fingerprint density at radius 1 is 1.33 bits per heavy atom. The summed E-state index contributed by atoms with van der Waals surface area (Å²) >= 11 is 0. The fraction of sp³-hybridized carbons (Fsp3) is 0.722. The van der Waals surface area contributed by atoms with E-state index >= 15 is 0 Å². The van der Waals surface area contributed by atoms with Gasteiger partial charge in [0.2, 0.25) is 11.7 Å². The van der Waals surface area contributed by atoms with Gasteiger partial charge in [-0.25, -0.2) is 4.98 Å². The Morgan fingerprint density at radius 3 is 2.67 bits per heavy atom. The van der Waals surface area contributed by atoms with Gasteiger partial charge in [-0.15, -0.1) is 0 Å². The summed E-state index contributed by atoms with van der Waals surface area (Å²) in [5.41, 5.74) is 0.0606. The van der Waals surface area contributed by atoms with E-state index in [0.29, 0.717) is 11.2 Å². The molecule has 2 aliphatic rings. The predicted molar refractivity (Wildman–Crippen MR) is 90.8 cm³/mol. The van der Waals surface area contributed by atoms with Crippen LogP contribution in [0.3, 0.4) is 0 Å². The quantitative estimate of drug-likeness (QED) is 0.923. The van der Waals surface area contributed by atoms with Gasteiger partial charge in [0.05, 0.1) is 19.3 Å². The van der Waals surface area contributed by atoms with Crippen molar-refractivity contribution in [1.82, 2.24) is 14.9 Å². The third-order valence-corrected chi connectivity index (χ3v) is 5.55. The van der Waals surface area contributed by atoms with E-state index in [1.807, 2.05) is 4.90 Å². The molecular formula is C18H27N3O3. The van der Waals surface area contributed by atoms with Gasteiger partial charge >= 0.3 is 0 Å². The summed E-state index contributed by atoms with van der Waals surface area (Å²) in [6.07, 6.45) is 7.35. The van der Waals surface area contributed by atoms with Gasteiger partial charge in [-0.05, 0) is 43.9 Å². The van der Waals surface area contributed by atoms with E-state index in [4.69, 9.17) is 4.74 Å². The molecule has 0 radical (unpaired) electrons. The number of hydrogen-bond donors (Lipinski definition) is 1. The number of H-pyrrole nitrogens is 1. The molecule has 2 fully saturated rings. The lowest BCUT2D eigenvalue weighted by molar-refractivity contribution is -0.138. The van der Waals surface area contributed by atoms with Crippen molar-refractivity contribution in [3.8, 4) is 5.75 Å². The van der Waals surface area contributed by atoms with E-state index < -0.39 is 0 Å². The summed E-state index contributed by atoms with van der Waals surface area (Å²) in [5.74, 6) is 1.11. The first-order valence-corrected chi connectivity index (χ1v) is 8.85. The summed E-state index contributed by atoms with van der Waals surface area (Å²) in [4.78, 5) is 34.0. The zero-order chi connectivity index (χ0) is 17.3. The number of amides is 1. The lowest BCUT2D eigenvalue weighted by atomic mass is 9.73. The summed E-state index contributed by atoms with van der Waals surface area (Å²) < 4.78 is 4.96. The molecule has 1 aliphatic carbocycles. The van der Waals surface area contributed by atoms with Crippen LogP contribution in [0.25, 0.3) is 0 Å². The lowest BCUT2D eigenvalue weighted by Crippen LogP contribution is -2.39. The first-order valence-electron chi connectivity index (χ1n) is 8.85. The number of hydrogen-bond acceptors (Lipinski definition) is 4. The van der Waals surface area contributed by atoms with Crippen LogP contribution in [-0.2, 0) is 4.79 Å². The van der Waals surface area contributed by atoms with Crippen molar-refractivity contribution >= 4 is 5.91 Å². The number of aromatic amines is 1. The fourth-order valence-corrected chi connectivity index (χ4v) is 3.91. The van der Waals surface area contributed by atoms with Gasteiger partial charge in [0.1, 0.15) is 5.82 Å². The third-order valence-electron chi connectivity index (χ3n) is 5.55. The second-order valence-electron chi connectivity index (χ2n) is 7.79. The molecular weight excluding hydrogens is 306 g/mol. The van der Waals surface area contributed by atoms with Crippen LogP contribution in [0, 0.1) is 11.3 Å². The van der Waals surface area contributed by atoms with Crippen LogP contribution >= 0.6 is 0 Å². The molecule has 6 nitrogen and oxygen atoms in total. The second-order valence-corrected chi connectivity index (χ2v) is 7.79. The van der Waals surface area contributed by atoms with Crippen LogP contribution in [0.5, 0.6) is 5.75 Å². The molecule has 0 aromatic carbocycles. The highest BCUT2D eigenvalue weighted by molar-refractivity contribution is 5.79.